The molecule has 5 aromatic rings. The fourth-order valence-corrected chi connectivity index (χ4v) is 13.2. The molecule has 1 saturated carbocycles. The van der Waals surface area contributed by atoms with E-state index in [-0.39, 0.29) is 60.8 Å². The minimum Gasteiger partial charge on any atom is -0.489 e. The van der Waals surface area contributed by atoms with Gasteiger partial charge in [0.1, 0.15) is 23.9 Å². The van der Waals surface area contributed by atoms with E-state index in [4.69, 9.17) is 4.74 Å². The number of rotatable bonds is 16. The molecule has 18 heteroatoms. The van der Waals surface area contributed by atoms with Gasteiger partial charge in [-0.15, -0.1) is 11.3 Å². The predicted octanol–water partition coefficient (Wildman–Crippen LogP) is 8.63. The number of carbonyl (C=O) groups excluding carboxylic acids is 4. The smallest absolute Gasteiger partial charge is 0.417 e. The zero-order valence-corrected chi connectivity index (χ0v) is 45.4. The number of nitrogens with one attached hydrogen (secondary N) is 2. The van der Waals surface area contributed by atoms with Crippen molar-refractivity contribution in [1.82, 2.24) is 30.3 Å². The van der Waals surface area contributed by atoms with Crippen LogP contribution in [0.5, 0.6) is 5.75 Å². The number of piperazine rings is 1. The fourth-order valence-electron chi connectivity index (χ4n) is 12.4. The molecule has 4 aliphatic rings. The first-order valence-electron chi connectivity index (χ1n) is 26.4. The molecular formula is C59H67F3N8O6S. The summed E-state index contributed by atoms with van der Waals surface area (Å²) in [6.07, 6.45) is -4.28. The minimum absolute atomic E-state index is 0.00530. The predicted molar refractivity (Wildman–Crippen MR) is 288 cm³/mol. The van der Waals surface area contributed by atoms with Crippen LogP contribution in [0.3, 0.4) is 0 Å². The van der Waals surface area contributed by atoms with Crippen LogP contribution < -0.4 is 20.3 Å². The zero-order valence-electron chi connectivity index (χ0n) is 44.6. The van der Waals surface area contributed by atoms with Gasteiger partial charge in [-0.25, -0.2) is 4.98 Å². The number of aryl methyl sites for hydroxylation is 2. The molecule has 3 aliphatic heterocycles. The lowest BCUT2D eigenvalue weighted by atomic mass is 9.49. The number of benzene rings is 4. The minimum atomic E-state index is -4.71. The van der Waals surface area contributed by atoms with Crippen LogP contribution in [0.25, 0.3) is 10.4 Å². The number of amides is 4. The van der Waals surface area contributed by atoms with Crippen molar-refractivity contribution in [2.24, 2.45) is 16.7 Å². The summed E-state index contributed by atoms with van der Waals surface area (Å²) in [5.74, 6) is -1.38. The fraction of sp³-hybridized carbons (Fsp3) is 0.458. The van der Waals surface area contributed by atoms with E-state index in [1.54, 1.807) is 28.4 Å². The first-order valence-corrected chi connectivity index (χ1v) is 27.3. The number of aliphatic hydroxyl groups excluding tert-OH is 1. The number of nitrogens with zero attached hydrogens (tertiary/aromatic N) is 6. The van der Waals surface area contributed by atoms with Crippen molar-refractivity contribution in [2.75, 3.05) is 44.2 Å². The molecule has 3 fully saturated rings. The number of ether oxygens (including phenoxy) is 1. The Morgan fingerprint density at radius 1 is 0.961 bits per heavy atom. The van der Waals surface area contributed by atoms with Crippen LogP contribution in [0.1, 0.15) is 109 Å². The van der Waals surface area contributed by atoms with Gasteiger partial charge in [-0.1, -0.05) is 84.0 Å². The van der Waals surface area contributed by atoms with E-state index < -0.39 is 52.4 Å². The standard InChI is InChI=1S/C59H67F3N8O6S/c1-35(2)49(70-32-42-12-8-9-13-45(42)53(70)74)54(75)69-33-43(71)28-48(69)52(73)64-31-41-19-18-39(50-36(3)65-34-77-50)27-47(41)68-25-23-67(24-26-68)22-10-11-37-14-16-38(17-15-37)51(72)66-55-57(4,5)56(58(55,6)7)76-44-21-20-40(30-63)46(29-44)59(60,61)62/h8-9,12-21,27,29,34-35,43,48-49,55-56,71H,10-11,22-26,28,31-33H2,1-7H3,(H,64,73)(H,66,72)/t43-,48+,49+,55?,56?/m1/s1. The average Bonchev–Trinajstić information content (AvgIpc) is 4.29. The summed E-state index contributed by atoms with van der Waals surface area (Å²) in [4.78, 5) is 69.1. The molecule has 3 N–H and O–H groups in total. The molecule has 406 valence electrons. The molecule has 77 heavy (non-hydrogen) atoms. The van der Waals surface area contributed by atoms with Crippen LogP contribution in [0.2, 0.25) is 0 Å². The maximum Gasteiger partial charge on any atom is 0.417 e. The Morgan fingerprint density at radius 3 is 2.32 bits per heavy atom. The Balaban J connectivity index is 0.782. The van der Waals surface area contributed by atoms with Gasteiger partial charge in [0.25, 0.3) is 11.8 Å². The number of anilines is 1. The van der Waals surface area contributed by atoms with E-state index in [0.29, 0.717) is 17.7 Å². The summed E-state index contributed by atoms with van der Waals surface area (Å²) in [5, 5.41) is 26.4. The second kappa shape index (κ2) is 21.9. The van der Waals surface area contributed by atoms with Crippen molar-refractivity contribution in [3.05, 3.63) is 135 Å². The van der Waals surface area contributed by atoms with Crippen LogP contribution in [0, 0.1) is 35.0 Å². The second-order valence-corrected chi connectivity index (χ2v) is 23.4. The van der Waals surface area contributed by atoms with Gasteiger partial charge in [-0.05, 0) is 96.9 Å². The van der Waals surface area contributed by atoms with Gasteiger partial charge in [-0.2, -0.15) is 18.4 Å². The number of likely N-dealkylation sites (tertiary alicyclic amines) is 1. The molecule has 4 amide bonds. The van der Waals surface area contributed by atoms with Crippen molar-refractivity contribution in [3.63, 3.8) is 0 Å². The van der Waals surface area contributed by atoms with Gasteiger partial charge >= 0.3 is 6.18 Å². The largest absolute Gasteiger partial charge is 0.489 e. The van der Waals surface area contributed by atoms with Crippen molar-refractivity contribution >= 4 is 40.7 Å². The number of hydrogen-bond donors (Lipinski definition) is 3. The molecule has 1 aliphatic carbocycles. The molecule has 0 unspecified atom stereocenters. The summed E-state index contributed by atoms with van der Waals surface area (Å²) in [5.41, 5.74) is 6.03. The highest BCUT2D eigenvalue weighted by molar-refractivity contribution is 7.13. The molecule has 0 radical (unpaired) electrons. The molecule has 4 aromatic carbocycles. The van der Waals surface area contributed by atoms with Gasteiger partial charge in [0.05, 0.1) is 39.4 Å². The Kier molecular flexibility index (Phi) is 15.6. The van der Waals surface area contributed by atoms with Crippen molar-refractivity contribution in [3.8, 4) is 22.3 Å². The molecule has 0 bridgehead atoms. The number of aliphatic hydroxyl groups is 1. The molecule has 1 aromatic heterocycles. The van der Waals surface area contributed by atoms with Crippen LogP contribution >= 0.6 is 11.3 Å². The van der Waals surface area contributed by atoms with E-state index in [1.165, 1.54) is 11.0 Å². The number of β-amino-alcohol motifs (C(OH)–C–C–N with tert-alkyl or cyclic N) is 1. The van der Waals surface area contributed by atoms with Gasteiger partial charge in [0.15, 0.2) is 0 Å². The van der Waals surface area contributed by atoms with E-state index in [2.05, 4.69) is 37.6 Å². The van der Waals surface area contributed by atoms with E-state index >= 15 is 0 Å². The Hall–Kier alpha value is -6.81. The highest BCUT2D eigenvalue weighted by Gasteiger charge is 2.64. The molecule has 9 rings (SSSR count). The number of alkyl halides is 3. The third kappa shape index (κ3) is 11.2. The third-order valence-corrected chi connectivity index (χ3v) is 17.1. The van der Waals surface area contributed by atoms with Gasteiger partial charge < -0.3 is 35.2 Å². The van der Waals surface area contributed by atoms with Gasteiger partial charge in [0.2, 0.25) is 11.8 Å². The average molecular weight is 1070 g/mol. The van der Waals surface area contributed by atoms with Gasteiger partial charge in [-0.3, -0.25) is 24.1 Å². The van der Waals surface area contributed by atoms with Crippen LogP contribution in [0.15, 0.2) is 90.4 Å². The number of hydrogen-bond acceptors (Lipinski definition) is 11. The van der Waals surface area contributed by atoms with Crippen LogP contribution in [0.4, 0.5) is 18.9 Å². The molecule has 14 nitrogen and oxygen atoms in total. The van der Waals surface area contributed by atoms with Crippen LogP contribution in [-0.4, -0.2) is 118 Å². The summed E-state index contributed by atoms with van der Waals surface area (Å²) in [7, 11) is 0. The summed E-state index contributed by atoms with van der Waals surface area (Å²) < 4.78 is 47.2. The van der Waals surface area contributed by atoms with E-state index in [0.717, 1.165) is 96.2 Å². The number of nitriles is 1. The summed E-state index contributed by atoms with van der Waals surface area (Å²) >= 11 is 1.58. The lowest BCUT2D eigenvalue weighted by Gasteiger charge is -2.63. The number of fused-ring (bicyclic) bond motifs is 1. The SMILES string of the molecule is Cc1ncsc1-c1ccc(CNC(=O)[C@@H]2C[C@@H](O)CN2C(=O)[C@H](C(C)C)N2Cc3ccccc3C2=O)c(N2CCN(CCCc3ccc(C(=O)NC4C(C)(C)C(Oc5ccc(C#N)c(C(F)(F)F)c5)C4(C)C)cc3)CC2)c1. The zero-order chi connectivity index (χ0) is 55.1. The lowest BCUT2D eigenvalue weighted by molar-refractivity contribution is -0.164. The highest BCUT2D eigenvalue weighted by Crippen LogP contribution is 2.56. The summed E-state index contributed by atoms with van der Waals surface area (Å²) in [6, 6.07) is 24.1. The topological polar surface area (TPSA) is 171 Å². The molecule has 0 spiro atoms. The maximum atomic E-state index is 14.4. The maximum absolute atomic E-state index is 14.4. The van der Waals surface area contributed by atoms with Crippen molar-refractivity contribution in [2.45, 2.75) is 117 Å². The monoisotopic (exact) mass is 1070 g/mol. The molecule has 4 heterocycles. The Labute approximate surface area is 452 Å². The van der Waals surface area contributed by atoms with Crippen LogP contribution in [-0.2, 0) is 35.3 Å². The number of thiazole rings is 1. The molecule has 2 saturated heterocycles. The second-order valence-electron chi connectivity index (χ2n) is 22.5. The highest BCUT2D eigenvalue weighted by atomic mass is 32.1. The first kappa shape index (κ1) is 55.0. The third-order valence-electron chi connectivity index (χ3n) is 16.1. The molecular weight excluding hydrogens is 1010 g/mol. The normalized spacial score (nSPS) is 21.3. The summed E-state index contributed by atoms with van der Waals surface area (Å²) in [6.45, 7) is 18.0. The lowest BCUT2D eigenvalue weighted by Crippen LogP contribution is -2.74. The Morgan fingerprint density at radius 2 is 1.68 bits per heavy atom. The van der Waals surface area contributed by atoms with Crippen molar-refractivity contribution < 1.29 is 42.2 Å². The van der Waals surface area contributed by atoms with E-state index in [9.17, 15) is 42.7 Å². The first-order chi connectivity index (χ1) is 36.6. The number of aromatic nitrogens is 1. The Bertz CT molecular complexity index is 3060. The van der Waals surface area contributed by atoms with Gasteiger partial charge in [0, 0.05) is 85.9 Å². The molecule has 3 atom stereocenters. The van der Waals surface area contributed by atoms with Crippen molar-refractivity contribution in [1.29, 1.82) is 5.26 Å². The number of halogens is 3. The quantitative estimate of drug-likeness (QED) is 0.0869. The number of carbonyl (C=O) groups is 4. The van der Waals surface area contributed by atoms with E-state index in [1.807, 2.05) is 103 Å².